The molecule has 2 aliphatic heterocycles. The summed E-state index contributed by atoms with van der Waals surface area (Å²) in [5.74, 6) is 0. The number of hydrogen-bond donors (Lipinski definition) is 1. The maximum absolute atomic E-state index is 3.67. The second kappa shape index (κ2) is 3.61. The van der Waals surface area contributed by atoms with Gasteiger partial charge in [0.2, 0.25) is 0 Å². The smallest absolute Gasteiger partial charge is 0.0501 e. The minimum Gasteiger partial charge on any atom is -0.357 e. The second-order valence-corrected chi connectivity index (χ2v) is 5.36. The summed E-state index contributed by atoms with van der Waals surface area (Å²) in [7, 11) is 0. The first kappa shape index (κ1) is 9.72. The Kier molecular flexibility index (Phi) is 2.06. The Balaban J connectivity index is 1.89. The average molecular weight is 226 g/mol. The van der Waals surface area contributed by atoms with Crippen LogP contribution in [-0.2, 0) is 6.42 Å². The number of para-hydroxylation sites is 1. The standard InChI is InChI=1S/C15H18N2/c1-2-6-13-11(5-1)12-8-10-17-9-4-3-7-14(17)15(12)16-13/h1-2,5-6,14,16H,3-4,7-10H2/t14-/m0/s1. The highest BCUT2D eigenvalue weighted by molar-refractivity contribution is 5.85. The zero-order valence-corrected chi connectivity index (χ0v) is 10.1. The van der Waals surface area contributed by atoms with E-state index in [2.05, 4.69) is 34.1 Å². The van der Waals surface area contributed by atoms with Gasteiger partial charge in [-0.2, -0.15) is 0 Å². The Morgan fingerprint density at radius 2 is 2.06 bits per heavy atom. The predicted octanol–water partition coefficient (Wildman–Crippen LogP) is 3.25. The molecular formula is C15H18N2. The van der Waals surface area contributed by atoms with Crippen molar-refractivity contribution in [1.29, 1.82) is 0 Å². The first-order valence-corrected chi connectivity index (χ1v) is 6.77. The average Bonchev–Trinajstić information content (AvgIpc) is 2.78. The van der Waals surface area contributed by atoms with E-state index in [1.807, 2.05) is 0 Å². The van der Waals surface area contributed by atoms with Gasteiger partial charge >= 0.3 is 0 Å². The lowest BCUT2D eigenvalue weighted by atomic mass is 9.91. The van der Waals surface area contributed by atoms with Crippen LogP contribution >= 0.6 is 0 Å². The van der Waals surface area contributed by atoms with Gasteiger partial charge < -0.3 is 4.98 Å². The maximum Gasteiger partial charge on any atom is 0.0501 e. The molecule has 0 spiro atoms. The molecule has 2 aromatic rings. The summed E-state index contributed by atoms with van der Waals surface area (Å²) in [4.78, 5) is 6.34. The van der Waals surface area contributed by atoms with E-state index in [4.69, 9.17) is 0 Å². The summed E-state index contributed by atoms with van der Waals surface area (Å²) in [6, 6.07) is 9.43. The molecular weight excluding hydrogens is 208 g/mol. The molecule has 3 heterocycles. The number of fused-ring (bicyclic) bond motifs is 5. The van der Waals surface area contributed by atoms with Crippen molar-refractivity contribution < 1.29 is 0 Å². The van der Waals surface area contributed by atoms with Crippen molar-refractivity contribution in [2.45, 2.75) is 31.7 Å². The zero-order chi connectivity index (χ0) is 11.2. The van der Waals surface area contributed by atoms with E-state index >= 15 is 0 Å². The van der Waals surface area contributed by atoms with Crippen LogP contribution in [-0.4, -0.2) is 23.0 Å². The van der Waals surface area contributed by atoms with Crippen molar-refractivity contribution in [2.75, 3.05) is 13.1 Å². The minimum absolute atomic E-state index is 0.667. The van der Waals surface area contributed by atoms with Gasteiger partial charge in [-0.1, -0.05) is 24.6 Å². The number of aromatic amines is 1. The molecule has 0 radical (unpaired) electrons. The van der Waals surface area contributed by atoms with Crippen molar-refractivity contribution in [2.24, 2.45) is 0 Å². The topological polar surface area (TPSA) is 19.0 Å². The number of hydrogen-bond acceptors (Lipinski definition) is 1. The van der Waals surface area contributed by atoms with E-state index in [1.54, 1.807) is 5.56 Å². The molecule has 2 heteroatoms. The van der Waals surface area contributed by atoms with Gasteiger partial charge in [-0.25, -0.2) is 0 Å². The summed E-state index contributed by atoms with van der Waals surface area (Å²) < 4.78 is 0. The molecule has 0 amide bonds. The van der Waals surface area contributed by atoms with E-state index in [1.165, 1.54) is 55.4 Å². The van der Waals surface area contributed by atoms with E-state index in [0.29, 0.717) is 6.04 Å². The lowest BCUT2D eigenvalue weighted by molar-refractivity contribution is 0.136. The van der Waals surface area contributed by atoms with Crippen molar-refractivity contribution >= 4 is 10.9 Å². The molecule has 0 saturated carbocycles. The molecule has 0 bridgehead atoms. The molecule has 88 valence electrons. The highest BCUT2D eigenvalue weighted by atomic mass is 15.2. The van der Waals surface area contributed by atoms with Gasteiger partial charge in [0.15, 0.2) is 0 Å². The van der Waals surface area contributed by atoms with Crippen LogP contribution in [0.15, 0.2) is 24.3 Å². The predicted molar refractivity (Wildman–Crippen MR) is 70.2 cm³/mol. The van der Waals surface area contributed by atoms with Crippen molar-refractivity contribution in [3.63, 3.8) is 0 Å². The Morgan fingerprint density at radius 1 is 1.12 bits per heavy atom. The lowest BCUT2D eigenvalue weighted by Crippen LogP contribution is -2.38. The zero-order valence-electron chi connectivity index (χ0n) is 10.1. The quantitative estimate of drug-likeness (QED) is 0.730. The molecule has 1 aromatic carbocycles. The number of aromatic nitrogens is 1. The summed E-state index contributed by atoms with van der Waals surface area (Å²) in [6.45, 7) is 2.54. The SMILES string of the molecule is c1ccc2c3c([nH]c2c1)[C@@H]1CCCCN1CC3. The summed E-state index contributed by atoms with van der Waals surface area (Å²) >= 11 is 0. The van der Waals surface area contributed by atoms with Crippen LogP contribution in [0.2, 0.25) is 0 Å². The molecule has 1 saturated heterocycles. The number of rotatable bonds is 0. The monoisotopic (exact) mass is 226 g/mol. The largest absolute Gasteiger partial charge is 0.357 e. The van der Waals surface area contributed by atoms with Gasteiger partial charge in [-0.3, -0.25) is 4.90 Å². The van der Waals surface area contributed by atoms with Crippen LogP contribution in [0.4, 0.5) is 0 Å². The maximum atomic E-state index is 3.67. The van der Waals surface area contributed by atoms with Gasteiger partial charge in [0.05, 0.1) is 6.04 Å². The van der Waals surface area contributed by atoms with Gasteiger partial charge in [0.25, 0.3) is 0 Å². The van der Waals surface area contributed by atoms with Crippen LogP contribution < -0.4 is 0 Å². The molecule has 0 aliphatic carbocycles. The van der Waals surface area contributed by atoms with E-state index in [0.717, 1.165) is 0 Å². The second-order valence-electron chi connectivity index (χ2n) is 5.36. The summed E-state index contributed by atoms with van der Waals surface area (Å²) in [6.07, 6.45) is 5.32. The van der Waals surface area contributed by atoms with Crippen molar-refractivity contribution in [3.05, 3.63) is 35.5 Å². The third-order valence-electron chi connectivity index (χ3n) is 4.44. The fourth-order valence-corrected chi connectivity index (χ4v) is 3.62. The molecule has 1 fully saturated rings. The Labute approximate surface area is 102 Å². The van der Waals surface area contributed by atoms with Crippen molar-refractivity contribution in [3.8, 4) is 0 Å². The number of H-pyrrole nitrogens is 1. The number of benzene rings is 1. The van der Waals surface area contributed by atoms with Crippen molar-refractivity contribution in [1.82, 2.24) is 9.88 Å². The molecule has 1 aromatic heterocycles. The normalized spacial score (nSPS) is 24.6. The molecule has 4 rings (SSSR count). The van der Waals surface area contributed by atoms with Gasteiger partial charge in [-0.05, 0) is 37.4 Å². The van der Waals surface area contributed by atoms with Crippen LogP contribution in [0.25, 0.3) is 10.9 Å². The van der Waals surface area contributed by atoms with E-state index < -0.39 is 0 Å². The Hall–Kier alpha value is -1.28. The molecule has 0 unspecified atom stereocenters. The minimum atomic E-state index is 0.667. The number of nitrogens with zero attached hydrogens (tertiary/aromatic N) is 1. The van der Waals surface area contributed by atoms with E-state index in [9.17, 15) is 0 Å². The Morgan fingerprint density at radius 3 is 3.06 bits per heavy atom. The van der Waals surface area contributed by atoms with E-state index in [-0.39, 0.29) is 0 Å². The number of nitrogens with one attached hydrogen (secondary N) is 1. The third-order valence-corrected chi connectivity index (χ3v) is 4.44. The molecule has 1 N–H and O–H groups in total. The highest BCUT2D eigenvalue weighted by Gasteiger charge is 2.31. The van der Waals surface area contributed by atoms with Crippen LogP contribution in [0.5, 0.6) is 0 Å². The van der Waals surface area contributed by atoms with Gasteiger partial charge in [0, 0.05) is 23.1 Å². The van der Waals surface area contributed by atoms with Gasteiger partial charge in [-0.15, -0.1) is 0 Å². The fourth-order valence-electron chi connectivity index (χ4n) is 3.62. The molecule has 2 nitrogen and oxygen atoms in total. The van der Waals surface area contributed by atoms with Crippen LogP contribution in [0.1, 0.15) is 36.6 Å². The molecule has 1 atom stereocenters. The third kappa shape index (κ3) is 1.37. The molecule has 2 aliphatic rings. The fraction of sp³-hybridized carbons (Fsp3) is 0.467. The summed E-state index contributed by atoms with van der Waals surface area (Å²) in [5.41, 5.74) is 4.42. The highest BCUT2D eigenvalue weighted by Crippen LogP contribution is 2.38. The van der Waals surface area contributed by atoms with Crippen LogP contribution in [0, 0.1) is 0 Å². The van der Waals surface area contributed by atoms with Gasteiger partial charge in [0.1, 0.15) is 0 Å². The first-order chi connectivity index (χ1) is 8.43. The first-order valence-electron chi connectivity index (χ1n) is 6.77. The van der Waals surface area contributed by atoms with Crippen LogP contribution in [0.3, 0.4) is 0 Å². The Bertz CT molecular complexity index is 555. The molecule has 17 heavy (non-hydrogen) atoms. The number of piperidine rings is 1. The summed E-state index contributed by atoms with van der Waals surface area (Å²) in [5, 5.41) is 1.45. The lowest BCUT2D eigenvalue weighted by Gasteiger charge is -2.39.